The maximum Gasteiger partial charge on any atom is 0.338 e. The summed E-state index contributed by atoms with van der Waals surface area (Å²) in [4.78, 5) is 38.7. The molecule has 4 aromatic rings. The number of fused-ring (bicyclic) bond motifs is 1. The fraction of sp³-hybridized carbons (Fsp3) is 0.115. The number of halogens is 2. The molecule has 0 aliphatic carbocycles. The molecule has 192 valence electrons. The molecule has 0 bridgehead atoms. The van der Waals surface area contributed by atoms with Gasteiger partial charge in [-0.25, -0.2) is 14.8 Å². The van der Waals surface area contributed by atoms with Gasteiger partial charge in [-0.3, -0.25) is 10.1 Å². The van der Waals surface area contributed by atoms with E-state index in [-0.39, 0.29) is 17.4 Å². The van der Waals surface area contributed by atoms with Gasteiger partial charge in [0.25, 0.3) is 5.91 Å². The van der Waals surface area contributed by atoms with Crippen LogP contribution in [-0.2, 0) is 9.53 Å². The average molecular weight is 551 g/mol. The molecule has 10 nitrogen and oxygen atoms in total. The van der Waals surface area contributed by atoms with Crippen LogP contribution in [0.15, 0.2) is 81.5 Å². The van der Waals surface area contributed by atoms with Crippen molar-refractivity contribution >= 4 is 64.0 Å². The normalized spacial score (nSPS) is 15.1. The Balaban J connectivity index is 1.47. The Kier molecular flexibility index (Phi) is 6.99. The second kappa shape index (κ2) is 10.5. The first-order valence-corrected chi connectivity index (χ1v) is 12.1. The highest BCUT2D eigenvalue weighted by molar-refractivity contribution is 6.31. The maximum atomic E-state index is 13.5. The molecule has 0 saturated heterocycles. The molecule has 1 aliphatic heterocycles. The summed E-state index contributed by atoms with van der Waals surface area (Å²) in [5.41, 5.74) is 2.79. The first-order chi connectivity index (χ1) is 18.3. The van der Waals surface area contributed by atoms with E-state index in [0.29, 0.717) is 43.9 Å². The minimum absolute atomic E-state index is 0.175. The molecule has 0 fully saturated rings. The predicted octanol–water partition coefficient (Wildman–Crippen LogP) is 5.34. The lowest BCUT2D eigenvalue weighted by Crippen LogP contribution is -2.37. The van der Waals surface area contributed by atoms with Gasteiger partial charge in [-0.2, -0.15) is 4.98 Å². The first kappa shape index (κ1) is 25.2. The number of guanidine groups is 1. The van der Waals surface area contributed by atoms with Crippen LogP contribution in [-0.4, -0.2) is 34.9 Å². The molecule has 0 saturated carbocycles. The smallest absolute Gasteiger partial charge is 0.338 e. The van der Waals surface area contributed by atoms with Crippen molar-refractivity contribution in [1.82, 2.24) is 15.3 Å². The maximum absolute atomic E-state index is 13.5. The van der Waals surface area contributed by atoms with Crippen LogP contribution in [0.3, 0.4) is 0 Å². The van der Waals surface area contributed by atoms with E-state index in [1.165, 1.54) is 25.4 Å². The van der Waals surface area contributed by atoms with Gasteiger partial charge in [0.1, 0.15) is 17.4 Å². The standard InChI is InChI=1S/C26H20Cl2N6O4/c1-13-21(23(35)32-20-11-14(9-10-29-20)24(36)37-2)22(16-5-3-4-6-17(16)28)33-25(30-13)34-26-31-18-12-15(27)7-8-19(18)38-26/h3-12,22H,1-2H3,(H,29,32,35)(H2,30,31,33,34). The van der Waals surface area contributed by atoms with Crippen LogP contribution in [0.2, 0.25) is 10.0 Å². The summed E-state index contributed by atoms with van der Waals surface area (Å²) in [6, 6.07) is 14.5. The van der Waals surface area contributed by atoms with Gasteiger partial charge in [0, 0.05) is 27.5 Å². The van der Waals surface area contributed by atoms with E-state index in [2.05, 4.69) is 25.9 Å². The number of benzene rings is 2. The van der Waals surface area contributed by atoms with E-state index in [4.69, 9.17) is 37.3 Å². The van der Waals surface area contributed by atoms with Gasteiger partial charge in [0.2, 0.25) is 5.96 Å². The van der Waals surface area contributed by atoms with Crippen LogP contribution in [0.4, 0.5) is 11.8 Å². The summed E-state index contributed by atoms with van der Waals surface area (Å²) in [7, 11) is 1.27. The molecule has 12 heteroatoms. The van der Waals surface area contributed by atoms with Crippen molar-refractivity contribution in [3.05, 3.63) is 93.2 Å². The Morgan fingerprint density at radius 2 is 1.92 bits per heavy atom. The highest BCUT2D eigenvalue weighted by Crippen LogP contribution is 2.35. The van der Waals surface area contributed by atoms with Gasteiger partial charge in [0.15, 0.2) is 5.58 Å². The number of rotatable bonds is 5. The van der Waals surface area contributed by atoms with Crippen LogP contribution in [0.25, 0.3) is 11.1 Å². The number of esters is 1. The molecule has 2 aromatic carbocycles. The number of oxazole rings is 1. The lowest BCUT2D eigenvalue weighted by Gasteiger charge is -2.26. The molecule has 38 heavy (non-hydrogen) atoms. The number of nitrogens with zero attached hydrogens (tertiary/aromatic N) is 3. The highest BCUT2D eigenvalue weighted by Gasteiger charge is 2.31. The average Bonchev–Trinajstić information content (AvgIpc) is 3.29. The minimum Gasteiger partial charge on any atom is -0.465 e. The Bertz CT molecular complexity index is 1630. The van der Waals surface area contributed by atoms with E-state index >= 15 is 0 Å². The second-order valence-corrected chi connectivity index (χ2v) is 9.04. The van der Waals surface area contributed by atoms with Gasteiger partial charge in [-0.15, -0.1) is 0 Å². The van der Waals surface area contributed by atoms with Crippen molar-refractivity contribution < 1.29 is 18.7 Å². The number of allylic oxidation sites excluding steroid dienone is 1. The van der Waals surface area contributed by atoms with Gasteiger partial charge < -0.3 is 19.8 Å². The summed E-state index contributed by atoms with van der Waals surface area (Å²) in [6.45, 7) is 1.74. The Morgan fingerprint density at radius 3 is 2.71 bits per heavy atom. The quantitative estimate of drug-likeness (QED) is 0.284. The fourth-order valence-corrected chi connectivity index (χ4v) is 4.34. The van der Waals surface area contributed by atoms with Crippen molar-refractivity contribution in [1.29, 1.82) is 0 Å². The van der Waals surface area contributed by atoms with Crippen molar-refractivity contribution in [2.75, 3.05) is 17.7 Å². The van der Waals surface area contributed by atoms with E-state index in [1.807, 2.05) is 6.07 Å². The lowest BCUT2D eigenvalue weighted by molar-refractivity contribution is -0.113. The Hall–Kier alpha value is -4.41. The molecule has 1 unspecified atom stereocenters. The zero-order chi connectivity index (χ0) is 26.8. The number of carbonyl (C=O) groups excluding carboxylic acids is 2. The number of aliphatic imine (C=N–C) groups is 1. The van der Waals surface area contributed by atoms with E-state index in [0.717, 1.165) is 0 Å². The number of hydrogen-bond acceptors (Lipinski definition) is 9. The summed E-state index contributed by atoms with van der Waals surface area (Å²) in [5.74, 6) is -0.552. The lowest BCUT2D eigenvalue weighted by atomic mass is 9.95. The van der Waals surface area contributed by atoms with Crippen LogP contribution in [0.1, 0.15) is 28.9 Å². The molecular weight excluding hydrogens is 531 g/mol. The monoisotopic (exact) mass is 550 g/mol. The van der Waals surface area contributed by atoms with Gasteiger partial charge in [0.05, 0.1) is 18.2 Å². The van der Waals surface area contributed by atoms with Gasteiger partial charge in [-0.05, 0) is 43.3 Å². The largest absolute Gasteiger partial charge is 0.465 e. The SMILES string of the molecule is COC(=O)c1ccnc(NC(=O)C2=C(C)NC(Nc3nc4cc(Cl)ccc4o3)=NC2c2ccccc2Cl)c1. The van der Waals surface area contributed by atoms with Gasteiger partial charge in [-0.1, -0.05) is 41.4 Å². The predicted molar refractivity (Wildman–Crippen MR) is 144 cm³/mol. The topological polar surface area (TPSA) is 131 Å². The van der Waals surface area contributed by atoms with E-state index < -0.39 is 17.9 Å². The van der Waals surface area contributed by atoms with E-state index in [9.17, 15) is 9.59 Å². The summed E-state index contributed by atoms with van der Waals surface area (Å²) < 4.78 is 10.5. The number of anilines is 2. The summed E-state index contributed by atoms with van der Waals surface area (Å²) in [6.07, 6.45) is 1.40. The molecule has 0 spiro atoms. The number of amides is 1. The highest BCUT2D eigenvalue weighted by atomic mass is 35.5. The number of nitrogens with one attached hydrogen (secondary N) is 3. The fourth-order valence-electron chi connectivity index (χ4n) is 3.94. The number of ether oxygens (including phenoxy) is 1. The zero-order valence-corrected chi connectivity index (χ0v) is 21.6. The van der Waals surface area contributed by atoms with Crippen molar-refractivity contribution in [3.8, 4) is 0 Å². The molecule has 1 amide bonds. The van der Waals surface area contributed by atoms with Crippen LogP contribution in [0, 0.1) is 0 Å². The molecule has 0 radical (unpaired) electrons. The minimum atomic E-state index is -0.782. The van der Waals surface area contributed by atoms with Gasteiger partial charge >= 0.3 is 12.0 Å². The van der Waals surface area contributed by atoms with Crippen molar-refractivity contribution in [3.63, 3.8) is 0 Å². The number of hydrogen-bond donors (Lipinski definition) is 3. The van der Waals surface area contributed by atoms with Crippen LogP contribution in [0.5, 0.6) is 0 Å². The van der Waals surface area contributed by atoms with Crippen molar-refractivity contribution in [2.45, 2.75) is 13.0 Å². The molecular formula is C26H20Cl2N6O4. The third-order valence-corrected chi connectivity index (χ3v) is 6.26. The summed E-state index contributed by atoms with van der Waals surface area (Å²) >= 11 is 12.6. The second-order valence-electron chi connectivity index (χ2n) is 8.20. The molecule has 3 heterocycles. The number of pyridine rings is 1. The number of carbonyl (C=O) groups is 2. The van der Waals surface area contributed by atoms with Crippen molar-refractivity contribution in [2.24, 2.45) is 4.99 Å². The number of methoxy groups -OCH3 is 1. The molecule has 2 aromatic heterocycles. The molecule has 3 N–H and O–H groups in total. The first-order valence-electron chi connectivity index (χ1n) is 11.3. The molecule has 1 atom stereocenters. The Morgan fingerprint density at radius 1 is 1.11 bits per heavy atom. The Labute approximate surface area is 226 Å². The third kappa shape index (κ3) is 5.17. The zero-order valence-electron chi connectivity index (χ0n) is 20.1. The third-order valence-electron chi connectivity index (χ3n) is 5.68. The van der Waals surface area contributed by atoms with Crippen LogP contribution >= 0.6 is 23.2 Å². The summed E-state index contributed by atoms with van der Waals surface area (Å²) in [5, 5.41) is 9.81. The molecule has 1 aliphatic rings. The van der Waals surface area contributed by atoms with E-state index in [1.54, 1.807) is 43.3 Å². The number of aromatic nitrogens is 2. The van der Waals surface area contributed by atoms with Crippen LogP contribution < -0.4 is 16.0 Å². The molecule has 5 rings (SSSR count).